The second-order valence-corrected chi connectivity index (χ2v) is 8.45. The fourth-order valence-electron chi connectivity index (χ4n) is 3.27. The van der Waals surface area contributed by atoms with E-state index >= 15 is 0 Å². The van der Waals surface area contributed by atoms with Crippen LogP contribution in [0.4, 0.5) is 4.79 Å². The van der Waals surface area contributed by atoms with Crippen molar-refractivity contribution >= 4 is 11.6 Å². The maximum atomic E-state index is 12.2. The molecule has 29 heavy (non-hydrogen) atoms. The molecule has 1 amide bonds. The number of rotatable bonds is 4. The van der Waals surface area contributed by atoms with E-state index in [1.807, 2.05) is 46.3 Å². The molecule has 154 valence electrons. The normalized spacial score (nSPS) is 19.1. The third-order valence-corrected chi connectivity index (χ3v) is 4.93. The Bertz CT molecular complexity index is 1030. The zero-order valence-electron chi connectivity index (χ0n) is 17.4. The van der Waals surface area contributed by atoms with Crippen LogP contribution in [0.1, 0.15) is 33.6 Å². The number of fused-ring (bicyclic) bond motifs is 1. The lowest BCUT2D eigenvalue weighted by molar-refractivity contribution is -0.00936. The summed E-state index contributed by atoms with van der Waals surface area (Å²) in [4.78, 5) is 18.6. The van der Waals surface area contributed by atoms with E-state index in [1.165, 1.54) is 0 Å². The molecule has 0 unspecified atom stereocenters. The van der Waals surface area contributed by atoms with Gasteiger partial charge >= 0.3 is 6.09 Å². The molecule has 1 aliphatic carbocycles. The van der Waals surface area contributed by atoms with Crippen LogP contribution in [0.5, 0.6) is 5.88 Å². The highest BCUT2D eigenvalue weighted by Gasteiger charge is 2.37. The first kappa shape index (κ1) is 19.2. The molecule has 3 heterocycles. The van der Waals surface area contributed by atoms with Gasteiger partial charge in [0.15, 0.2) is 0 Å². The van der Waals surface area contributed by atoms with Crippen LogP contribution in [0.2, 0.25) is 0 Å². The van der Waals surface area contributed by atoms with Crippen LogP contribution in [-0.2, 0) is 11.8 Å². The van der Waals surface area contributed by atoms with Gasteiger partial charge in [0.25, 0.3) is 0 Å². The van der Waals surface area contributed by atoms with Crippen molar-refractivity contribution < 1.29 is 14.3 Å². The fourth-order valence-corrected chi connectivity index (χ4v) is 3.27. The van der Waals surface area contributed by atoms with E-state index in [0.717, 1.165) is 29.6 Å². The lowest BCUT2D eigenvalue weighted by Crippen LogP contribution is -2.51. The zero-order chi connectivity index (χ0) is 20.8. The summed E-state index contributed by atoms with van der Waals surface area (Å²) in [5.74, 6) is 0.534. The summed E-state index contributed by atoms with van der Waals surface area (Å²) in [6.07, 6.45) is 8.38. The number of nitrogens with zero attached hydrogens (tertiary/aromatic N) is 6. The highest BCUT2D eigenvalue weighted by molar-refractivity contribution is 5.68. The summed E-state index contributed by atoms with van der Waals surface area (Å²) in [6, 6.07) is 1.97. The van der Waals surface area contributed by atoms with Crippen molar-refractivity contribution in [3.05, 3.63) is 30.9 Å². The second-order valence-electron chi connectivity index (χ2n) is 8.45. The topological polar surface area (TPSA) is 86.8 Å². The molecule has 1 fully saturated rings. The second kappa shape index (κ2) is 7.06. The van der Waals surface area contributed by atoms with E-state index in [2.05, 4.69) is 10.2 Å². The van der Waals surface area contributed by atoms with Crippen LogP contribution >= 0.6 is 0 Å². The maximum absolute atomic E-state index is 12.2. The average molecular weight is 398 g/mol. The molecule has 3 aromatic heterocycles. The van der Waals surface area contributed by atoms with Gasteiger partial charge in [-0.2, -0.15) is 10.2 Å². The Morgan fingerprint density at radius 2 is 2.00 bits per heavy atom. The largest absolute Gasteiger partial charge is 0.473 e. The lowest BCUT2D eigenvalue weighted by atomic mass is 9.88. The Labute approximate surface area is 169 Å². The first-order valence-corrected chi connectivity index (χ1v) is 9.65. The Hall–Kier alpha value is -3.10. The van der Waals surface area contributed by atoms with Crippen LogP contribution in [0, 0.1) is 0 Å². The van der Waals surface area contributed by atoms with Gasteiger partial charge < -0.3 is 14.4 Å². The van der Waals surface area contributed by atoms with Crippen molar-refractivity contribution in [3.8, 4) is 17.1 Å². The predicted molar refractivity (Wildman–Crippen MR) is 107 cm³/mol. The minimum Gasteiger partial charge on any atom is -0.473 e. The SMILES string of the molecule is Cn1cc(-c2cn3nccc3c(O[C@H]3C[C@@H](N(C)C(=O)OC(C)(C)C)C3)n2)cn1. The summed E-state index contributed by atoms with van der Waals surface area (Å²) in [7, 11) is 3.63. The van der Waals surface area contributed by atoms with Crippen molar-refractivity contribution in [2.24, 2.45) is 7.05 Å². The summed E-state index contributed by atoms with van der Waals surface area (Å²) >= 11 is 0. The molecule has 0 spiro atoms. The Morgan fingerprint density at radius 1 is 1.24 bits per heavy atom. The van der Waals surface area contributed by atoms with Gasteiger partial charge in [0, 0.05) is 44.7 Å². The van der Waals surface area contributed by atoms with Crippen molar-refractivity contribution in [3.63, 3.8) is 0 Å². The van der Waals surface area contributed by atoms with Gasteiger partial charge in [0.1, 0.15) is 17.2 Å². The van der Waals surface area contributed by atoms with Crippen molar-refractivity contribution in [2.45, 2.75) is 51.4 Å². The molecule has 0 aliphatic heterocycles. The fraction of sp³-hybridized carbons (Fsp3) is 0.500. The number of hydrogen-bond donors (Lipinski definition) is 0. The standard InChI is InChI=1S/C20H26N6O3/c1-20(2,3)29-19(27)25(5)14-8-15(9-14)28-18-17-6-7-21-26(17)12-16(23-18)13-10-22-24(4)11-13/h6-7,10-12,14-15H,8-9H2,1-5H3/t14-,15+. The number of aryl methyl sites for hydroxylation is 1. The molecule has 1 aliphatic rings. The van der Waals surface area contributed by atoms with Crippen molar-refractivity contribution in [1.82, 2.24) is 29.3 Å². The molecular formula is C20H26N6O3. The molecule has 1 saturated carbocycles. The summed E-state index contributed by atoms with van der Waals surface area (Å²) in [5.41, 5.74) is 1.94. The van der Waals surface area contributed by atoms with Gasteiger partial charge in [-0.05, 0) is 26.8 Å². The smallest absolute Gasteiger partial charge is 0.410 e. The highest BCUT2D eigenvalue weighted by atomic mass is 16.6. The molecule has 0 atom stereocenters. The zero-order valence-corrected chi connectivity index (χ0v) is 17.4. The van der Waals surface area contributed by atoms with Crippen LogP contribution in [0.3, 0.4) is 0 Å². The first-order valence-electron chi connectivity index (χ1n) is 9.65. The molecule has 0 bridgehead atoms. The van der Waals surface area contributed by atoms with Gasteiger partial charge in [0.2, 0.25) is 5.88 Å². The number of carbonyl (C=O) groups excluding carboxylic acids is 1. The van der Waals surface area contributed by atoms with E-state index in [0.29, 0.717) is 5.88 Å². The summed E-state index contributed by atoms with van der Waals surface area (Å²) in [5, 5.41) is 8.53. The first-order chi connectivity index (χ1) is 13.7. The predicted octanol–water partition coefficient (Wildman–Crippen LogP) is 2.91. The summed E-state index contributed by atoms with van der Waals surface area (Å²) < 4.78 is 15.1. The van der Waals surface area contributed by atoms with E-state index in [1.54, 1.807) is 33.5 Å². The number of carbonyl (C=O) groups is 1. The Balaban J connectivity index is 1.46. The Kier molecular flexibility index (Phi) is 4.68. The van der Waals surface area contributed by atoms with Crippen LogP contribution in [-0.4, -0.2) is 60.2 Å². The van der Waals surface area contributed by atoms with Crippen LogP contribution in [0.15, 0.2) is 30.9 Å². The molecule has 4 rings (SSSR count). The van der Waals surface area contributed by atoms with Crippen LogP contribution < -0.4 is 4.74 Å². The number of aromatic nitrogens is 5. The van der Waals surface area contributed by atoms with E-state index in [4.69, 9.17) is 14.5 Å². The third-order valence-electron chi connectivity index (χ3n) is 4.93. The summed E-state index contributed by atoms with van der Waals surface area (Å²) in [6.45, 7) is 5.59. The van der Waals surface area contributed by atoms with Gasteiger partial charge in [-0.15, -0.1) is 0 Å². The average Bonchev–Trinajstić information content (AvgIpc) is 3.24. The lowest BCUT2D eigenvalue weighted by Gasteiger charge is -2.40. The van der Waals surface area contributed by atoms with Crippen molar-refractivity contribution in [1.29, 1.82) is 0 Å². The molecule has 0 radical (unpaired) electrons. The highest BCUT2D eigenvalue weighted by Crippen LogP contribution is 2.32. The number of amides is 1. The van der Waals surface area contributed by atoms with Crippen molar-refractivity contribution in [2.75, 3.05) is 7.05 Å². The molecule has 3 aromatic rings. The van der Waals surface area contributed by atoms with Gasteiger partial charge in [-0.3, -0.25) is 4.68 Å². The number of hydrogen-bond acceptors (Lipinski definition) is 6. The molecule has 9 nitrogen and oxygen atoms in total. The molecule has 0 saturated heterocycles. The van der Waals surface area contributed by atoms with E-state index < -0.39 is 5.60 Å². The number of ether oxygens (including phenoxy) is 2. The third kappa shape index (κ3) is 4.03. The van der Waals surface area contributed by atoms with Gasteiger partial charge in [-0.1, -0.05) is 0 Å². The Morgan fingerprint density at radius 3 is 2.66 bits per heavy atom. The minimum absolute atomic E-state index is 0.0137. The van der Waals surface area contributed by atoms with Gasteiger partial charge in [-0.25, -0.2) is 14.3 Å². The van der Waals surface area contributed by atoms with Crippen LogP contribution in [0.25, 0.3) is 16.8 Å². The molecule has 9 heteroatoms. The minimum atomic E-state index is -0.505. The quantitative estimate of drug-likeness (QED) is 0.672. The van der Waals surface area contributed by atoms with E-state index in [-0.39, 0.29) is 18.2 Å². The molecular weight excluding hydrogens is 372 g/mol. The van der Waals surface area contributed by atoms with Gasteiger partial charge in [0.05, 0.1) is 24.3 Å². The van der Waals surface area contributed by atoms with E-state index in [9.17, 15) is 4.79 Å². The molecule has 0 aromatic carbocycles. The monoisotopic (exact) mass is 398 g/mol. The maximum Gasteiger partial charge on any atom is 0.410 e. The molecule has 0 N–H and O–H groups in total.